The molecule has 0 aliphatic carbocycles. The monoisotopic (exact) mass is 174 g/mol. The van der Waals surface area contributed by atoms with Crippen LogP contribution in [0.4, 0.5) is 0 Å². The summed E-state index contributed by atoms with van der Waals surface area (Å²) < 4.78 is 5.22. The number of hydrogen-bond acceptors (Lipinski definition) is 6. The van der Waals surface area contributed by atoms with E-state index in [0.29, 0.717) is 6.54 Å². The molecule has 2 fully saturated rings. The van der Waals surface area contributed by atoms with Crippen molar-refractivity contribution in [2.75, 3.05) is 32.8 Å². The maximum Gasteiger partial charge on any atom is 0.144 e. The van der Waals surface area contributed by atoms with Gasteiger partial charge in [-0.3, -0.25) is 4.84 Å². The number of nitrogens with one attached hydrogen (secondary N) is 1. The van der Waals surface area contributed by atoms with Crippen LogP contribution in [0.3, 0.4) is 0 Å². The van der Waals surface area contributed by atoms with Crippen LogP contribution in [-0.4, -0.2) is 49.2 Å². The van der Waals surface area contributed by atoms with E-state index in [2.05, 4.69) is 10.6 Å². The Morgan fingerprint density at radius 3 is 2.67 bits per heavy atom. The maximum absolute atomic E-state index is 5.55. The van der Waals surface area contributed by atoms with Gasteiger partial charge < -0.3 is 10.5 Å². The Hall–Kier alpha value is -0.240. The third kappa shape index (κ3) is 1.74. The number of rotatable bonds is 1. The first kappa shape index (κ1) is 8.36. The second kappa shape index (κ2) is 3.65. The van der Waals surface area contributed by atoms with Crippen LogP contribution in [0, 0.1) is 0 Å². The van der Waals surface area contributed by atoms with Crippen LogP contribution >= 0.6 is 0 Å². The van der Waals surface area contributed by atoms with E-state index in [1.807, 2.05) is 5.12 Å². The van der Waals surface area contributed by atoms with E-state index in [4.69, 9.17) is 15.3 Å². The molecule has 0 radical (unpaired) electrons. The zero-order valence-electron chi connectivity index (χ0n) is 6.90. The van der Waals surface area contributed by atoms with E-state index in [1.54, 1.807) is 0 Å². The van der Waals surface area contributed by atoms with Gasteiger partial charge in [0, 0.05) is 13.1 Å². The van der Waals surface area contributed by atoms with Gasteiger partial charge in [0.15, 0.2) is 0 Å². The lowest BCUT2D eigenvalue weighted by molar-refractivity contribution is -0.152. The summed E-state index contributed by atoms with van der Waals surface area (Å²) in [5.41, 5.74) is 8.30. The van der Waals surface area contributed by atoms with Crippen molar-refractivity contribution < 1.29 is 9.57 Å². The molecule has 2 rings (SSSR count). The van der Waals surface area contributed by atoms with Crippen LogP contribution < -0.4 is 11.3 Å². The first-order valence-electron chi connectivity index (χ1n) is 4.13. The molecule has 0 spiro atoms. The summed E-state index contributed by atoms with van der Waals surface area (Å²) >= 11 is 0. The molecule has 3 N–H and O–H groups in total. The molecule has 2 aliphatic heterocycles. The van der Waals surface area contributed by atoms with Crippen LogP contribution in [-0.2, 0) is 9.57 Å². The van der Waals surface area contributed by atoms with Crippen molar-refractivity contribution in [2.24, 2.45) is 5.73 Å². The SMILES string of the molecule is NC1CN(N2CCOCC2)NO1. The first-order valence-corrected chi connectivity index (χ1v) is 4.13. The standard InChI is InChI=1S/C6H14N4O2/c7-6-5-10(8-12-6)9-1-3-11-4-2-9/h6,8H,1-5,7H2. The Bertz CT molecular complexity index is 148. The molecule has 70 valence electrons. The number of hydrogen-bond donors (Lipinski definition) is 2. The molecule has 12 heavy (non-hydrogen) atoms. The fraction of sp³-hybridized carbons (Fsp3) is 1.00. The average molecular weight is 174 g/mol. The van der Waals surface area contributed by atoms with Gasteiger partial charge in [-0.25, -0.2) is 5.01 Å². The van der Waals surface area contributed by atoms with Crippen molar-refractivity contribution in [2.45, 2.75) is 6.23 Å². The van der Waals surface area contributed by atoms with E-state index in [9.17, 15) is 0 Å². The van der Waals surface area contributed by atoms with Gasteiger partial charge in [0.05, 0.1) is 19.8 Å². The highest BCUT2D eigenvalue weighted by molar-refractivity contribution is 4.63. The summed E-state index contributed by atoms with van der Waals surface area (Å²) in [6, 6.07) is 0. The van der Waals surface area contributed by atoms with Gasteiger partial charge >= 0.3 is 0 Å². The molecular formula is C6H14N4O2. The molecule has 0 aromatic heterocycles. The number of ether oxygens (including phenoxy) is 1. The van der Waals surface area contributed by atoms with Gasteiger partial charge in [0.1, 0.15) is 6.23 Å². The Morgan fingerprint density at radius 2 is 2.08 bits per heavy atom. The third-order valence-corrected chi connectivity index (χ3v) is 1.99. The highest BCUT2D eigenvalue weighted by Gasteiger charge is 2.26. The lowest BCUT2D eigenvalue weighted by atomic mass is 10.5. The average Bonchev–Trinajstić information content (AvgIpc) is 2.54. The molecule has 1 atom stereocenters. The van der Waals surface area contributed by atoms with Gasteiger partial charge in [0.25, 0.3) is 0 Å². The van der Waals surface area contributed by atoms with E-state index in [-0.39, 0.29) is 6.23 Å². The number of morpholine rings is 1. The number of hydrazine groups is 2. The third-order valence-electron chi connectivity index (χ3n) is 1.99. The highest BCUT2D eigenvalue weighted by atomic mass is 16.7. The Kier molecular flexibility index (Phi) is 2.54. The zero-order valence-corrected chi connectivity index (χ0v) is 6.90. The fourth-order valence-corrected chi connectivity index (χ4v) is 1.34. The van der Waals surface area contributed by atoms with Crippen LogP contribution in [0.5, 0.6) is 0 Å². The van der Waals surface area contributed by atoms with Crippen molar-refractivity contribution >= 4 is 0 Å². The second-order valence-corrected chi connectivity index (χ2v) is 2.90. The summed E-state index contributed by atoms with van der Waals surface area (Å²) in [6.07, 6.45) is -0.229. The molecule has 2 aliphatic rings. The van der Waals surface area contributed by atoms with E-state index in [1.165, 1.54) is 0 Å². The topological polar surface area (TPSA) is 63.0 Å². The number of nitrogens with two attached hydrogens (primary N) is 1. The highest BCUT2D eigenvalue weighted by Crippen LogP contribution is 2.05. The van der Waals surface area contributed by atoms with E-state index >= 15 is 0 Å². The predicted molar refractivity (Wildman–Crippen MR) is 41.3 cm³/mol. The molecule has 0 saturated carbocycles. The summed E-state index contributed by atoms with van der Waals surface area (Å²) in [5, 5.41) is 4.03. The molecule has 6 nitrogen and oxygen atoms in total. The van der Waals surface area contributed by atoms with E-state index in [0.717, 1.165) is 26.3 Å². The van der Waals surface area contributed by atoms with Crippen LogP contribution in [0.2, 0.25) is 0 Å². The smallest absolute Gasteiger partial charge is 0.144 e. The van der Waals surface area contributed by atoms with Gasteiger partial charge in [-0.15, -0.1) is 10.7 Å². The summed E-state index contributed by atoms with van der Waals surface area (Å²) in [4.78, 5) is 4.99. The molecule has 0 bridgehead atoms. The minimum absolute atomic E-state index is 0.229. The summed E-state index contributed by atoms with van der Waals surface area (Å²) in [6.45, 7) is 4.02. The van der Waals surface area contributed by atoms with Crippen molar-refractivity contribution in [3.63, 3.8) is 0 Å². The molecule has 2 saturated heterocycles. The summed E-state index contributed by atoms with van der Waals surface area (Å²) in [7, 11) is 0. The minimum Gasteiger partial charge on any atom is -0.379 e. The van der Waals surface area contributed by atoms with Crippen LogP contribution in [0.25, 0.3) is 0 Å². The quantitative estimate of drug-likeness (QED) is 0.492. The summed E-state index contributed by atoms with van der Waals surface area (Å²) in [5.74, 6) is 0. The molecular weight excluding hydrogens is 160 g/mol. The predicted octanol–water partition coefficient (Wildman–Crippen LogP) is -1.73. The first-order chi connectivity index (χ1) is 5.86. The minimum atomic E-state index is -0.229. The second-order valence-electron chi connectivity index (χ2n) is 2.90. The Labute approximate surface area is 71.1 Å². The molecule has 0 aromatic rings. The van der Waals surface area contributed by atoms with Gasteiger partial charge in [-0.1, -0.05) is 0 Å². The van der Waals surface area contributed by atoms with Crippen LogP contribution in [0.1, 0.15) is 0 Å². The Balaban J connectivity index is 1.83. The molecule has 0 amide bonds. The number of nitrogens with zero attached hydrogens (tertiary/aromatic N) is 2. The van der Waals surface area contributed by atoms with Gasteiger partial charge in [-0.2, -0.15) is 0 Å². The molecule has 1 unspecified atom stereocenters. The van der Waals surface area contributed by atoms with Crippen molar-refractivity contribution in [3.8, 4) is 0 Å². The lowest BCUT2D eigenvalue weighted by Crippen LogP contribution is -2.51. The lowest BCUT2D eigenvalue weighted by Gasteiger charge is -2.32. The molecule has 2 heterocycles. The zero-order chi connectivity index (χ0) is 8.39. The fourth-order valence-electron chi connectivity index (χ4n) is 1.34. The van der Waals surface area contributed by atoms with Crippen molar-refractivity contribution in [1.82, 2.24) is 15.7 Å². The largest absolute Gasteiger partial charge is 0.379 e. The van der Waals surface area contributed by atoms with Crippen molar-refractivity contribution in [1.29, 1.82) is 0 Å². The van der Waals surface area contributed by atoms with Gasteiger partial charge in [-0.05, 0) is 0 Å². The van der Waals surface area contributed by atoms with Gasteiger partial charge in [0.2, 0.25) is 0 Å². The molecule has 6 heteroatoms. The van der Waals surface area contributed by atoms with E-state index < -0.39 is 0 Å². The molecule has 0 aromatic carbocycles. The Morgan fingerprint density at radius 1 is 1.33 bits per heavy atom. The normalized spacial score (nSPS) is 34.2. The van der Waals surface area contributed by atoms with Crippen LogP contribution in [0.15, 0.2) is 0 Å². The van der Waals surface area contributed by atoms with Crippen molar-refractivity contribution in [3.05, 3.63) is 0 Å². The maximum atomic E-state index is 5.55.